The molecule has 0 unspecified atom stereocenters. The van der Waals surface area contributed by atoms with Crippen molar-refractivity contribution >= 4 is 6.29 Å². The van der Waals surface area contributed by atoms with Crippen LogP contribution in [0.15, 0.2) is 47.1 Å². The van der Waals surface area contributed by atoms with Crippen molar-refractivity contribution in [3.63, 3.8) is 0 Å². The Labute approximate surface area is 109 Å². The normalized spacial score (nSPS) is 10.6. The van der Waals surface area contributed by atoms with Gasteiger partial charge in [0, 0.05) is 18.2 Å². The molecule has 2 heterocycles. The van der Waals surface area contributed by atoms with E-state index < -0.39 is 0 Å². The summed E-state index contributed by atoms with van der Waals surface area (Å²) in [5.41, 5.74) is 1.89. The maximum Gasteiger partial charge on any atom is 0.185 e. The van der Waals surface area contributed by atoms with Gasteiger partial charge in [0.2, 0.25) is 0 Å². The number of rotatable bonds is 3. The van der Waals surface area contributed by atoms with Crippen molar-refractivity contribution in [3.8, 4) is 22.7 Å². The molecule has 2 aromatic heterocycles. The monoisotopic (exact) mass is 253 g/mol. The number of aldehydes is 1. The Hall–Kier alpha value is -2.69. The van der Waals surface area contributed by atoms with Crippen LogP contribution in [0.3, 0.4) is 0 Å². The number of nitrogens with zero attached hydrogens (tertiary/aromatic N) is 3. The summed E-state index contributed by atoms with van der Waals surface area (Å²) in [4.78, 5) is 10.6. The molecule has 0 N–H and O–H groups in total. The van der Waals surface area contributed by atoms with Crippen LogP contribution in [0.4, 0.5) is 0 Å². The van der Waals surface area contributed by atoms with Gasteiger partial charge in [-0.1, -0.05) is 24.3 Å². The first-order chi connectivity index (χ1) is 9.28. The summed E-state index contributed by atoms with van der Waals surface area (Å²) in [5.74, 6) is 1.80. The van der Waals surface area contributed by atoms with Crippen LogP contribution in [0.5, 0.6) is 0 Å². The van der Waals surface area contributed by atoms with E-state index in [0.29, 0.717) is 17.8 Å². The lowest BCUT2D eigenvalue weighted by molar-refractivity contribution is 0.110. The predicted molar refractivity (Wildman–Crippen MR) is 69.5 cm³/mol. The highest BCUT2D eigenvalue weighted by atomic mass is 16.3. The van der Waals surface area contributed by atoms with Crippen molar-refractivity contribution in [2.24, 2.45) is 7.05 Å². The van der Waals surface area contributed by atoms with E-state index in [2.05, 4.69) is 10.2 Å². The van der Waals surface area contributed by atoms with Crippen molar-refractivity contribution in [1.29, 1.82) is 0 Å². The minimum absolute atomic E-state index is 0.326. The third-order valence-electron chi connectivity index (χ3n) is 2.88. The fraction of sp³-hybridized carbons (Fsp3) is 0.0714. The van der Waals surface area contributed by atoms with Crippen LogP contribution < -0.4 is 0 Å². The highest BCUT2D eigenvalue weighted by molar-refractivity contribution is 5.73. The molecule has 3 aromatic rings. The molecule has 5 heteroatoms. The molecule has 0 amide bonds. The zero-order chi connectivity index (χ0) is 13.2. The van der Waals surface area contributed by atoms with Crippen molar-refractivity contribution in [2.45, 2.75) is 0 Å². The molecule has 94 valence electrons. The zero-order valence-corrected chi connectivity index (χ0v) is 10.3. The number of aryl methyl sites for hydroxylation is 1. The smallest absolute Gasteiger partial charge is 0.185 e. The molecule has 0 aliphatic rings. The highest BCUT2D eigenvalue weighted by Gasteiger charge is 2.07. The van der Waals surface area contributed by atoms with Gasteiger partial charge in [-0.3, -0.25) is 4.79 Å². The third kappa shape index (κ3) is 2.06. The number of hydrogen-bond acceptors (Lipinski definition) is 4. The molecule has 0 spiro atoms. The number of carbonyl (C=O) groups excluding carboxylic acids is 1. The van der Waals surface area contributed by atoms with Crippen molar-refractivity contribution in [2.75, 3.05) is 0 Å². The SMILES string of the molecule is Cn1cnnc1-c1ccc(-c2ccc(C=O)o2)cc1. The van der Waals surface area contributed by atoms with Gasteiger partial charge in [0.15, 0.2) is 17.9 Å². The molecule has 0 aliphatic heterocycles. The van der Waals surface area contributed by atoms with Gasteiger partial charge in [0.05, 0.1) is 0 Å². The van der Waals surface area contributed by atoms with Crippen molar-refractivity contribution in [3.05, 3.63) is 48.5 Å². The van der Waals surface area contributed by atoms with Crippen LogP contribution in [0, 0.1) is 0 Å². The lowest BCUT2D eigenvalue weighted by atomic mass is 10.1. The lowest BCUT2D eigenvalue weighted by Crippen LogP contribution is -1.90. The number of aromatic nitrogens is 3. The summed E-state index contributed by atoms with van der Waals surface area (Å²) in [6.45, 7) is 0. The van der Waals surface area contributed by atoms with Gasteiger partial charge in [0.1, 0.15) is 12.1 Å². The summed E-state index contributed by atoms with van der Waals surface area (Å²) >= 11 is 0. The van der Waals surface area contributed by atoms with E-state index >= 15 is 0 Å². The van der Waals surface area contributed by atoms with E-state index in [4.69, 9.17) is 4.42 Å². The second-order valence-corrected chi connectivity index (χ2v) is 4.16. The fourth-order valence-electron chi connectivity index (χ4n) is 1.90. The topological polar surface area (TPSA) is 60.9 Å². The van der Waals surface area contributed by atoms with Crippen LogP contribution in [-0.4, -0.2) is 21.1 Å². The Bertz CT molecular complexity index is 710. The Kier molecular flexibility index (Phi) is 2.72. The van der Waals surface area contributed by atoms with E-state index in [1.54, 1.807) is 18.5 Å². The molecule has 0 aliphatic carbocycles. The molecule has 19 heavy (non-hydrogen) atoms. The minimum atomic E-state index is 0.326. The number of furan rings is 1. The lowest BCUT2D eigenvalue weighted by Gasteiger charge is -2.01. The average Bonchev–Trinajstić information content (AvgIpc) is 3.07. The largest absolute Gasteiger partial charge is 0.453 e. The molecule has 0 atom stereocenters. The van der Waals surface area contributed by atoms with E-state index in [1.807, 2.05) is 35.9 Å². The molecule has 5 nitrogen and oxygen atoms in total. The molecule has 1 aromatic carbocycles. The Morgan fingerprint density at radius 2 is 1.84 bits per heavy atom. The third-order valence-corrected chi connectivity index (χ3v) is 2.88. The first-order valence-corrected chi connectivity index (χ1v) is 5.78. The first-order valence-electron chi connectivity index (χ1n) is 5.78. The molecule has 3 rings (SSSR count). The van der Waals surface area contributed by atoms with Gasteiger partial charge >= 0.3 is 0 Å². The van der Waals surface area contributed by atoms with E-state index in [1.165, 1.54) is 0 Å². The van der Waals surface area contributed by atoms with E-state index in [0.717, 1.165) is 17.0 Å². The second-order valence-electron chi connectivity index (χ2n) is 4.16. The maximum atomic E-state index is 10.6. The van der Waals surface area contributed by atoms with E-state index in [9.17, 15) is 4.79 Å². The minimum Gasteiger partial charge on any atom is -0.453 e. The van der Waals surface area contributed by atoms with Crippen LogP contribution in [0.2, 0.25) is 0 Å². The molecular weight excluding hydrogens is 242 g/mol. The Morgan fingerprint density at radius 1 is 1.11 bits per heavy atom. The van der Waals surface area contributed by atoms with Gasteiger partial charge in [-0.15, -0.1) is 10.2 Å². The molecular formula is C14H11N3O2. The summed E-state index contributed by atoms with van der Waals surface area (Å²) in [6, 6.07) is 11.2. The average molecular weight is 253 g/mol. The second kappa shape index (κ2) is 4.53. The predicted octanol–water partition coefficient (Wildman–Crippen LogP) is 2.55. The number of carbonyl (C=O) groups is 1. The van der Waals surface area contributed by atoms with Crippen LogP contribution in [0.25, 0.3) is 22.7 Å². The first kappa shape index (κ1) is 11.4. The molecule has 0 radical (unpaired) electrons. The number of hydrogen-bond donors (Lipinski definition) is 0. The van der Waals surface area contributed by atoms with Gasteiger partial charge in [-0.05, 0) is 12.1 Å². The maximum absolute atomic E-state index is 10.6. The summed E-state index contributed by atoms with van der Waals surface area (Å²) < 4.78 is 7.23. The van der Waals surface area contributed by atoms with Crippen LogP contribution in [0.1, 0.15) is 10.6 Å². The van der Waals surface area contributed by atoms with Gasteiger partial charge < -0.3 is 8.98 Å². The fourth-order valence-corrected chi connectivity index (χ4v) is 1.90. The Morgan fingerprint density at radius 3 is 2.42 bits per heavy atom. The molecule has 0 saturated carbocycles. The molecule has 0 bridgehead atoms. The summed E-state index contributed by atoms with van der Waals surface area (Å²) in [5, 5.41) is 7.90. The highest BCUT2D eigenvalue weighted by Crippen LogP contribution is 2.24. The Balaban J connectivity index is 1.95. The van der Waals surface area contributed by atoms with Crippen LogP contribution >= 0.6 is 0 Å². The summed E-state index contributed by atoms with van der Waals surface area (Å²) in [7, 11) is 1.89. The van der Waals surface area contributed by atoms with Crippen molar-refractivity contribution < 1.29 is 9.21 Å². The molecule has 0 fully saturated rings. The van der Waals surface area contributed by atoms with Gasteiger partial charge in [-0.2, -0.15) is 0 Å². The van der Waals surface area contributed by atoms with Gasteiger partial charge in [-0.25, -0.2) is 0 Å². The van der Waals surface area contributed by atoms with Crippen molar-refractivity contribution in [1.82, 2.24) is 14.8 Å². The van der Waals surface area contributed by atoms with Crippen LogP contribution in [-0.2, 0) is 7.05 Å². The zero-order valence-electron chi connectivity index (χ0n) is 10.3. The van der Waals surface area contributed by atoms with Gasteiger partial charge in [0.25, 0.3) is 0 Å². The standard InChI is InChI=1S/C14H11N3O2/c1-17-9-15-16-14(17)11-4-2-10(3-5-11)13-7-6-12(8-18)19-13/h2-9H,1H3. The quantitative estimate of drug-likeness (QED) is 0.673. The molecule has 0 saturated heterocycles. The summed E-state index contributed by atoms with van der Waals surface area (Å²) in [6.07, 6.45) is 2.35. The van der Waals surface area contributed by atoms with E-state index in [-0.39, 0.29) is 0 Å². The number of benzene rings is 1.